The van der Waals surface area contributed by atoms with Crippen LogP contribution in [0.3, 0.4) is 0 Å². The second-order valence-electron chi connectivity index (χ2n) is 7.48. The summed E-state index contributed by atoms with van der Waals surface area (Å²) in [5.41, 5.74) is 6.95. The predicted molar refractivity (Wildman–Crippen MR) is 97.9 cm³/mol. The highest BCUT2D eigenvalue weighted by atomic mass is 19.2. The molecule has 0 bridgehead atoms. The van der Waals surface area contributed by atoms with Crippen LogP contribution in [0.1, 0.15) is 53.5 Å². The Kier molecular flexibility index (Phi) is 4.45. The zero-order chi connectivity index (χ0) is 17.4. The summed E-state index contributed by atoms with van der Waals surface area (Å²) >= 11 is 0. The van der Waals surface area contributed by atoms with Crippen molar-refractivity contribution in [2.45, 2.75) is 51.4 Å². The van der Waals surface area contributed by atoms with Crippen molar-refractivity contribution in [2.75, 3.05) is 0 Å². The third kappa shape index (κ3) is 3.15. The van der Waals surface area contributed by atoms with E-state index in [-0.39, 0.29) is 0 Å². The van der Waals surface area contributed by atoms with Crippen LogP contribution in [0.5, 0.6) is 0 Å². The van der Waals surface area contributed by atoms with Crippen LogP contribution in [0, 0.1) is 17.6 Å². The molecule has 2 aliphatic carbocycles. The highest BCUT2D eigenvalue weighted by Crippen LogP contribution is 2.38. The maximum absolute atomic E-state index is 13.6. The lowest BCUT2D eigenvalue weighted by Crippen LogP contribution is -2.20. The summed E-state index contributed by atoms with van der Waals surface area (Å²) < 4.78 is 26.8. The summed E-state index contributed by atoms with van der Waals surface area (Å²) in [6.07, 6.45) is 11.1. The van der Waals surface area contributed by atoms with Crippen LogP contribution in [-0.2, 0) is 25.7 Å². The molecule has 0 spiro atoms. The highest BCUT2D eigenvalue weighted by Gasteiger charge is 2.26. The third-order valence-corrected chi connectivity index (χ3v) is 5.96. The summed E-state index contributed by atoms with van der Waals surface area (Å²) in [4.78, 5) is 0. The topological polar surface area (TPSA) is 0 Å². The number of rotatable bonds is 2. The van der Waals surface area contributed by atoms with E-state index in [9.17, 15) is 8.78 Å². The van der Waals surface area contributed by atoms with Crippen molar-refractivity contribution in [2.24, 2.45) is 5.92 Å². The molecule has 0 aliphatic heterocycles. The molecule has 0 amide bonds. The lowest BCUT2D eigenvalue weighted by atomic mass is 9.74. The van der Waals surface area contributed by atoms with E-state index in [2.05, 4.69) is 31.2 Å². The molecule has 2 aliphatic rings. The molecule has 0 saturated heterocycles. The van der Waals surface area contributed by atoms with E-state index in [4.69, 9.17) is 0 Å². The quantitative estimate of drug-likeness (QED) is 0.596. The van der Waals surface area contributed by atoms with Gasteiger partial charge in [0.25, 0.3) is 0 Å². The minimum atomic E-state index is -0.760. The highest BCUT2D eigenvalue weighted by molar-refractivity contribution is 5.45. The maximum atomic E-state index is 13.6. The summed E-state index contributed by atoms with van der Waals surface area (Å²) in [6.45, 7) is 2.10. The van der Waals surface area contributed by atoms with Gasteiger partial charge in [0, 0.05) is 0 Å². The van der Waals surface area contributed by atoms with Crippen molar-refractivity contribution in [1.82, 2.24) is 0 Å². The van der Waals surface area contributed by atoms with Crippen LogP contribution in [0.25, 0.3) is 0 Å². The molecular weight excluding hydrogens is 314 g/mol. The van der Waals surface area contributed by atoms with Crippen LogP contribution >= 0.6 is 0 Å². The number of hydrogen-bond acceptors (Lipinski definition) is 0. The monoisotopic (exact) mass is 338 g/mol. The zero-order valence-corrected chi connectivity index (χ0v) is 14.7. The average molecular weight is 338 g/mol. The van der Waals surface area contributed by atoms with E-state index in [1.165, 1.54) is 41.7 Å². The van der Waals surface area contributed by atoms with Gasteiger partial charge in [0.1, 0.15) is 0 Å². The molecule has 0 fully saturated rings. The van der Waals surface area contributed by atoms with E-state index >= 15 is 0 Å². The molecule has 130 valence electrons. The molecule has 25 heavy (non-hydrogen) atoms. The van der Waals surface area contributed by atoms with Crippen molar-refractivity contribution < 1.29 is 8.78 Å². The SMILES string of the molecule is C/C=C/C1CCc2c(ccc3c2CCC(c2ccc(F)c(F)c2)C3)C1. The Morgan fingerprint density at radius 2 is 1.60 bits per heavy atom. The van der Waals surface area contributed by atoms with Gasteiger partial charge in [-0.1, -0.05) is 30.4 Å². The Morgan fingerprint density at radius 1 is 0.880 bits per heavy atom. The van der Waals surface area contributed by atoms with E-state index in [0.29, 0.717) is 11.8 Å². The van der Waals surface area contributed by atoms with E-state index in [1.807, 2.05) is 0 Å². The first-order valence-electron chi connectivity index (χ1n) is 9.36. The van der Waals surface area contributed by atoms with Crippen molar-refractivity contribution in [3.8, 4) is 0 Å². The minimum absolute atomic E-state index is 0.292. The Bertz CT molecular complexity index is 819. The zero-order valence-electron chi connectivity index (χ0n) is 14.7. The normalized spacial score (nSPS) is 22.7. The molecule has 0 nitrogen and oxygen atoms in total. The smallest absolute Gasteiger partial charge is 0.159 e. The first-order chi connectivity index (χ1) is 12.2. The Morgan fingerprint density at radius 3 is 2.32 bits per heavy atom. The van der Waals surface area contributed by atoms with Crippen LogP contribution in [0.2, 0.25) is 0 Å². The number of hydrogen-bond donors (Lipinski definition) is 0. The van der Waals surface area contributed by atoms with Gasteiger partial charge in [0.05, 0.1) is 0 Å². The van der Waals surface area contributed by atoms with E-state index in [0.717, 1.165) is 31.2 Å². The summed E-state index contributed by atoms with van der Waals surface area (Å²) in [5.74, 6) is -0.525. The first kappa shape index (κ1) is 16.5. The fourth-order valence-corrected chi connectivity index (χ4v) is 4.68. The Balaban J connectivity index is 1.59. The molecule has 2 aromatic carbocycles. The van der Waals surface area contributed by atoms with Gasteiger partial charge < -0.3 is 0 Å². The Labute approximate surface area is 148 Å². The second kappa shape index (κ2) is 6.74. The first-order valence-corrected chi connectivity index (χ1v) is 9.36. The number of halogens is 2. The summed E-state index contributed by atoms with van der Waals surface area (Å²) in [7, 11) is 0. The van der Waals surface area contributed by atoms with Crippen molar-refractivity contribution in [3.05, 3.63) is 81.9 Å². The fraction of sp³-hybridized carbons (Fsp3) is 0.391. The third-order valence-electron chi connectivity index (χ3n) is 5.96. The molecule has 2 aromatic rings. The van der Waals surface area contributed by atoms with Crippen molar-refractivity contribution in [1.29, 1.82) is 0 Å². The predicted octanol–water partition coefficient (Wildman–Crippen LogP) is 5.92. The van der Waals surface area contributed by atoms with Gasteiger partial charge in [-0.25, -0.2) is 8.78 Å². The minimum Gasteiger partial charge on any atom is -0.204 e. The largest absolute Gasteiger partial charge is 0.204 e. The maximum Gasteiger partial charge on any atom is 0.159 e. The van der Waals surface area contributed by atoms with Crippen LogP contribution in [0.15, 0.2) is 42.5 Å². The molecule has 0 radical (unpaired) electrons. The molecule has 2 heteroatoms. The Hall–Kier alpha value is -1.96. The van der Waals surface area contributed by atoms with Crippen LogP contribution < -0.4 is 0 Å². The standard InChI is InChI=1S/C23H24F2/c1-2-3-15-4-9-20-18(12-15)5-6-19-13-16(7-10-21(19)20)17-8-11-22(24)23(25)14-17/h2-3,5-6,8,11,14-16H,4,7,9-10,12-13H2,1H3/b3-2+. The van der Waals surface area contributed by atoms with Gasteiger partial charge in [-0.05, 0) is 97.2 Å². The van der Waals surface area contributed by atoms with Gasteiger partial charge in [0.2, 0.25) is 0 Å². The van der Waals surface area contributed by atoms with Gasteiger partial charge >= 0.3 is 0 Å². The number of allylic oxidation sites excluding steroid dienone is 2. The van der Waals surface area contributed by atoms with Gasteiger partial charge in [-0.3, -0.25) is 0 Å². The number of fused-ring (bicyclic) bond motifs is 3. The lowest BCUT2D eigenvalue weighted by molar-refractivity contribution is 0.500. The summed E-state index contributed by atoms with van der Waals surface area (Å²) in [5, 5.41) is 0. The molecule has 0 N–H and O–H groups in total. The fourth-order valence-electron chi connectivity index (χ4n) is 4.68. The average Bonchev–Trinajstić information content (AvgIpc) is 2.63. The van der Waals surface area contributed by atoms with Crippen molar-refractivity contribution in [3.63, 3.8) is 0 Å². The molecular formula is C23H24F2. The van der Waals surface area contributed by atoms with E-state index in [1.54, 1.807) is 11.6 Å². The summed E-state index contributed by atoms with van der Waals surface area (Å²) in [6, 6.07) is 8.96. The van der Waals surface area contributed by atoms with E-state index < -0.39 is 11.6 Å². The molecule has 0 saturated carbocycles. The molecule has 0 heterocycles. The van der Waals surface area contributed by atoms with Gasteiger partial charge in [0.15, 0.2) is 11.6 Å². The lowest BCUT2D eigenvalue weighted by Gasteiger charge is -2.31. The van der Waals surface area contributed by atoms with Crippen LogP contribution in [-0.4, -0.2) is 0 Å². The molecule has 2 unspecified atom stereocenters. The van der Waals surface area contributed by atoms with Gasteiger partial charge in [-0.2, -0.15) is 0 Å². The molecule has 4 rings (SSSR count). The number of benzene rings is 2. The molecule has 2 atom stereocenters. The van der Waals surface area contributed by atoms with Crippen molar-refractivity contribution >= 4 is 0 Å². The molecule has 0 aromatic heterocycles. The second-order valence-corrected chi connectivity index (χ2v) is 7.48. The van der Waals surface area contributed by atoms with Crippen LogP contribution in [0.4, 0.5) is 8.78 Å². The van der Waals surface area contributed by atoms with Gasteiger partial charge in [-0.15, -0.1) is 0 Å².